The standard InChI is InChI=1S/C20H27N3O3.HI/c1-21-20(22-11-10-15-6-5-7-17(12-15)24-2)23-14-16-8-9-18(25-3)13-19(16)26-4;/h5-9,12-13H,10-11,14H2,1-4H3,(H2,21,22,23);1H. The molecule has 27 heavy (non-hydrogen) atoms. The topological polar surface area (TPSA) is 64.1 Å². The lowest BCUT2D eigenvalue weighted by molar-refractivity contribution is 0.390. The number of ether oxygens (including phenoxy) is 3. The van der Waals surface area contributed by atoms with E-state index in [1.54, 1.807) is 28.4 Å². The normalized spacial score (nSPS) is 10.6. The lowest BCUT2D eigenvalue weighted by Crippen LogP contribution is -2.37. The van der Waals surface area contributed by atoms with Crippen molar-refractivity contribution in [3.05, 3.63) is 53.6 Å². The van der Waals surface area contributed by atoms with E-state index in [-0.39, 0.29) is 24.0 Å². The van der Waals surface area contributed by atoms with Crippen LogP contribution in [0.2, 0.25) is 0 Å². The predicted molar refractivity (Wildman–Crippen MR) is 120 cm³/mol. The molecule has 2 aromatic carbocycles. The van der Waals surface area contributed by atoms with Crippen LogP contribution in [-0.4, -0.2) is 40.9 Å². The van der Waals surface area contributed by atoms with Crippen molar-refractivity contribution in [2.24, 2.45) is 4.99 Å². The molecule has 0 spiro atoms. The van der Waals surface area contributed by atoms with E-state index < -0.39 is 0 Å². The third-order valence-electron chi connectivity index (χ3n) is 4.00. The van der Waals surface area contributed by atoms with Crippen LogP contribution in [0.3, 0.4) is 0 Å². The molecule has 0 aliphatic heterocycles. The van der Waals surface area contributed by atoms with E-state index in [1.165, 1.54) is 5.56 Å². The molecular formula is C20H28IN3O3. The van der Waals surface area contributed by atoms with Gasteiger partial charge in [0.15, 0.2) is 5.96 Å². The number of guanidine groups is 1. The maximum absolute atomic E-state index is 5.42. The molecule has 0 heterocycles. The summed E-state index contributed by atoms with van der Waals surface area (Å²) in [5, 5.41) is 6.62. The van der Waals surface area contributed by atoms with Gasteiger partial charge in [0.25, 0.3) is 0 Å². The van der Waals surface area contributed by atoms with Crippen LogP contribution in [0.15, 0.2) is 47.5 Å². The average Bonchev–Trinajstić information content (AvgIpc) is 2.70. The number of rotatable bonds is 8. The van der Waals surface area contributed by atoms with E-state index in [4.69, 9.17) is 14.2 Å². The number of halogens is 1. The molecule has 2 N–H and O–H groups in total. The summed E-state index contributed by atoms with van der Waals surface area (Å²) in [7, 11) is 6.73. The summed E-state index contributed by atoms with van der Waals surface area (Å²) < 4.78 is 15.9. The highest BCUT2D eigenvalue weighted by molar-refractivity contribution is 14.0. The third kappa shape index (κ3) is 7.16. The Bertz CT molecular complexity index is 738. The zero-order valence-corrected chi connectivity index (χ0v) is 18.6. The molecule has 0 bridgehead atoms. The van der Waals surface area contributed by atoms with Crippen molar-refractivity contribution in [3.8, 4) is 17.2 Å². The molecule has 148 valence electrons. The van der Waals surface area contributed by atoms with Crippen LogP contribution in [0.1, 0.15) is 11.1 Å². The molecular weight excluding hydrogens is 457 g/mol. The maximum atomic E-state index is 5.42. The molecule has 0 unspecified atom stereocenters. The van der Waals surface area contributed by atoms with Crippen LogP contribution >= 0.6 is 24.0 Å². The van der Waals surface area contributed by atoms with E-state index in [0.29, 0.717) is 6.54 Å². The Kier molecular flexibility index (Phi) is 10.4. The smallest absolute Gasteiger partial charge is 0.191 e. The number of hydrogen-bond acceptors (Lipinski definition) is 4. The summed E-state index contributed by atoms with van der Waals surface area (Å²) in [5.41, 5.74) is 2.24. The van der Waals surface area contributed by atoms with Gasteiger partial charge < -0.3 is 24.8 Å². The molecule has 2 rings (SSSR count). The highest BCUT2D eigenvalue weighted by Gasteiger charge is 2.06. The fraction of sp³-hybridized carbons (Fsp3) is 0.350. The van der Waals surface area contributed by atoms with E-state index in [0.717, 1.165) is 41.7 Å². The molecule has 0 saturated carbocycles. The minimum absolute atomic E-state index is 0. The number of aliphatic imine (C=N–C) groups is 1. The first-order valence-corrected chi connectivity index (χ1v) is 8.48. The highest BCUT2D eigenvalue weighted by Crippen LogP contribution is 2.24. The fourth-order valence-electron chi connectivity index (χ4n) is 2.55. The second-order valence-electron chi connectivity index (χ2n) is 5.63. The van der Waals surface area contributed by atoms with Gasteiger partial charge >= 0.3 is 0 Å². The molecule has 7 heteroatoms. The Labute approximate surface area is 178 Å². The Balaban J connectivity index is 0.00000364. The van der Waals surface area contributed by atoms with Gasteiger partial charge in [-0.2, -0.15) is 0 Å². The first-order valence-electron chi connectivity index (χ1n) is 8.48. The van der Waals surface area contributed by atoms with Crippen LogP contribution in [0.5, 0.6) is 17.2 Å². The van der Waals surface area contributed by atoms with Gasteiger partial charge in [0.2, 0.25) is 0 Å². The van der Waals surface area contributed by atoms with Gasteiger partial charge in [-0.25, -0.2) is 0 Å². The first-order chi connectivity index (χ1) is 12.7. The van der Waals surface area contributed by atoms with Gasteiger partial charge in [0, 0.05) is 31.8 Å². The van der Waals surface area contributed by atoms with Crippen molar-refractivity contribution in [2.45, 2.75) is 13.0 Å². The quantitative estimate of drug-likeness (QED) is 0.342. The fourth-order valence-corrected chi connectivity index (χ4v) is 2.55. The summed E-state index contributed by atoms with van der Waals surface area (Å²) in [6.45, 7) is 1.37. The minimum Gasteiger partial charge on any atom is -0.497 e. The third-order valence-corrected chi connectivity index (χ3v) is 4.00. The monoisotopic (exact) mass is 485 g/mol. The number of methoxy groups -OCH3 is 3. The van der Waals surface area contributed by atoms with E-state index in [1.807, 2.05) is 36.4 Å². The van der Waals surface area contributed by atoms with Crippen LogP contribution in [0.25, 0.3) is 0 Å². The Hall–Kier alpha value is -2.16. The van der Waals surface area contributed by atoms with Gasteiger partial charge in [-0.15, -0.1) is 24.0 Å². The summed E-state index contributed by atoms with van der Waals surface area (Å²) >= 11 is 0. The summed E-state index contributed by atoms with van der Waals surface area (Å²) in [5.74, 6) is 3.16. The molecule has 0 fully saturated rings. The molecule has 0 aromatic heterocycles. The number of benzene rings is 2. The Morgan fingerprint density at radius 1 is 0.926 bits per heavy atom. The lowest BCUT2D eigenvalue weighted by Gasteiger charge is -2.14. The van der Waals surface area contributed by atoms with Gasteiger partial charge in [-0.3, -0.25) is 4.99 Å². The average molecular weight is 485 g/mol. The zero-order valence-electron chi connectivity index (χ0n) is 16.2. The second kappa shape index (κ2) is 12.3. The molecule has 0 aliphatic carbocycles. The highest BCUT2D eigenvalue weighted by atomic mass is 127. The molecule has 0 aliphatic rings. The van der Waals surface area contributed by atoms with Gasteiger partial charge in [0.1, 0.15) is 17.2 Å². The molecule has 0 saturated heterocycles. The van der Waals surface area contributed by atoms with Crippen LogP contribution in [-0.2, 0) is 13.0 Å². The van der Waals surface area contributed by atoms with Gasteiger partial charge in [-0.05, 0) is 36.2 Å². The molecule has 0 amide bonds. The number of nitrogens with zero attached hydrogens (tertiary/aromatic N) is 1. The second-order valence-corrected chi connectivity index (χ2v) is 5.63. The first kappa shape index (κ1) is 22.9. The Morgan fingerprint density at radius 2 is 1.67 bits per heavy atom. The van der Waals surface area contributed by atoms with E-state index in [9.17, 15) is 0 Å². The van der Waals surface area contributed by atoms with Crippen molar-refractivity contribution in [1.82, 2.24) is 10.6 Å². The number of hydrogen-bond donors (Lipinski definition) is 2. The minimum atomic E-state index is 0. The molecule has 0 atom stereocenters. The lowest BCUT2D eigenvalue weighted by atomic mass is 10.1. The molecule has 6 nitrogen and oxygen atoms in total. The summed E-state index contributed by atoms with van der Waals surface area (Å²) in [6.07, 6.45) is 0.879. The summed E-state index contributed by atoms with van der Waals surface area (Å²) in [6, 6.07) is 13.8. The zero-order chi connectivity index (χ0) is 18.8. The van der Waals surface area contributed by atoms with Crippen molar-refractivity contribution in [2.75, 3.05) is 34.9 Å². The van der Waals surface area contributed by atoms with Gasteiger partial charge in [-0.1, -0.05) is 12.1 Å². The van der Waals surface area contributed by atoms with Crippen LogP contribution in [0.4, 0.5) is 0 Å². The van der Waals surface area contributed by atoms with Gasteiger partial charge in [0.05, 0.1) is 21.3 Å². The SMILES string of the molecule is CN=C(NCCc1cccc(OC)c1)NCc1ccc(OC)cc1OC.I. The number of nitrogens with one attached hydrogen (secondary N) is 2. The molecule has 2 aromatic rings. The van der Waals surface area contributed by atoms with Crippen molar-refractivity contribution in [1.29, 1.82) is 0 Å². The maximum Gasteiger partial charge on any atom is 0.191 e. The van der Waals surface area contributed by atoms with Crippen molar-refractivity contribution < 1.29 is 14.2 Å². The predicted octanol–water partition coefficient (Wildman–Crippen LogP) is 3.24. The van der Waals surface area contributed by atoms with Crippen molar-refractivity contribution in [3.63, 3.8) is 0 Å². The van der Waals surface area contributed by atoms with E-state index >= 15 is 0 Å². The van der Waals surface area contributed by atoms with Crippen LogP contribution < -0.4 is 24.8 Å². The Morgan fingerprint density at radius 3 is 2.33 bits per heavy atom. The van der Waals surface area contributed by atoms with E-state index in [2.05, 4.69) is 21.7 Å². The van der Waals surface area contributed by atoms with Crippen LogP contribution in [0, 0.1) is 0 Å². The summed E-state index contributed by atoms with van der Waals surface area (Å²) in [4.78, 5) is 4.26. The molecule has 0 radical (unpaired) electrons. The largest absolute Gasteiger partial charge is 0.497 e. The van der Waals surface area contributed by atoms with Crippen molar-refractivity contribution >= 4 is 29.9 Å².